The van der Waals surface area contributed by atoms with Gasteiger partial charge >= 0.3 is 0 Å². The van der Waals surface area contributed by atoms with Crippen LogP contribution in [0.15, 0.2) is 61.4 Å². The van der Waals surface area contributed by atoms with Gasteiger partial charge in [-0.25, -0.2) is 0 Å². The fourth-order valence-electron chi connectivity index (χ4n) is 1.73. The summed E-state index contributed by atoms with van der Waals surface area (Å²) in [5.74, 6) is 0. The summed E-state index contributed by atoms with van der Waals surface area (Å²) in [6.45, 7) is 7.30. The van der Waals surface area contributed by atoms with Gasteiger partial charge in [-0.3, -0.25) is 5.10 Å². The van der Waals surface area contributed by atoms with E-state index in [0.29, 0.717) is 0 Å². The molecule has 0 aliphatic heterocycles. The summed E-state index contributed by atoms with van der Waals surface area (Å²) in [7, 11) is 0. The molecule has 2 rings (SSSR count). The van der Waals surface area contributed by atoms with E-state index in [2.05, 4.69) is 23.4 Å². The first-order valence-electron chi connectivity index (χ1n) is 5.32. The van der Waals surface area contributed by atoms with Crippen molar-refractivity contribution in [1.82, 2.24) is 10.2 Å². The van der Waals surface area contributed by atoms with Crippen molar-refractivity contribution in [2.75, 3.05) is 0 Å². The smallest absolute Gasteiger partial charge is 0.104 e. The Morgan fingerprint density at radius 1 is 1.41 bits per heavy atom. The zero-order chi connectivity index (χ0) is 12.3. The number of aromatic amines is 1. The molecule has 86 valence electrons. The maximum atomic E-state index is 10.2. The van der Waals surface area contributed by atoms with Crippen molar-refractivity contribution in [2.24, 2.45) is 0 Å². The molecule has 1 aromatic heterocycles. The third-order valence-electron chi connectivity index (χ3n) is 2.64. The Kier molecular flexibility index (Phi) is 3.21. The van der Waals surface area contributed by atoms with Crippen molar-refractivity contribution in [1.29, 1.82) is 0 Å². The minimum absolute atomic E-state index is 0.690. The van der Waals surface area contributed by atoms with Crippen LogP contribution in [-0.2, 0) is 0 Å². The molecule has 1 atom stereocenters. The lowest BCUT2D eigenvalue weighted by Crippen LogP contribution is -1.99. The van der Waals surface area contributed by atoms with Gasteiger partial charge in [0.05, 0.1) is 11.7 Å². The molecule has 0 amide bonds. The van der Waals surface area contributed by atoms with Gasteiger partial charge in [0.25, 0.3) is 0 Å². The lowest BCUT2D eigenvalue weighted by molar-refractivity contribution is 0.220. The normalized spacial score (nSPS) is 13.6. The van der Waals surface area contributed by atoms with E-state index in [4.69, 9.17) is 0 Å². The van der Waals surface area contributed by atoms with Crippen LogP contribution in [0.5, 0.6) is 0 Å². The predicted molar refractivity (Wildman–Crippen MR) is 69.5 cm³/mol. The topological polar surface area (TPSA) is 48.9 Å². The lowest BCUT2D eigenvalue weighted by atomic mass is 10.00. The first kappa shape index (κ1) is 11.4. The molecule has 0 saturated carbocycles. The van der Waals surface area contributed by atoms with Crippen LogP contribution in [0, 0.1) is 0 Å². The highest BCUT2D eigenvalue weighted by Gasteiger charge is 2.11. The Labute approximate surface area is 99.8 Å². The van der Waals surface area contributed by atoms with Crippen molar-refractivity contribution in [3.05, 3.63) is 66.9 Å². The Balaban J connectivity index is 2.41. The molecule has 0 aliphatic rings. The number of nitrogens with zero attached hydrogens (tertiary/aromatic N) is 1. The van der Waals surface area contributed by atoms with E-state index in [1.165, 1.54) is 0 Å². The van der Waals surface area contributed by atoms with Crippen molar-refractivity contribution < 1.29 is 5.11 Å². The van der Waals surface area contributed by atoms with Crippen LogP contribution in [0.1, 0.15) is 11.7 Å². The second kappa shape index (κ2) is 4.80. The van der Waals surface area contributed by atoms with Crippen LogP contribution in [-0.4, -0.2) is 15.3 Å². The SMILES string of the molecule is C=C/C=C(\C=C)C(O)c1ccc2[nH]ncc2c1. The third kappa shape index (κ3) is 2.19. The van der Waals surface area contributed by atoms with Crippen LogP contribution in [0.2, 0.25) is 0 Å². The molecule has 1 unspecified atom stereocenters. The number of rotatable bonds is 4. The number of hydrogen-bond acceptors (Lipinski definition) is 2. The molecule has 0 spiro atoms. The molecule has 1 aromatic carbocycles. The Morgan fingerprint density at radius 3 is 2.94 bits per heavy atom. The molecule has 3 heteroatoms. The average Bonchev–Trinajstić information content (AvgIpc) is 2.82. The number of aromatic nitrogens is 2. The second-order valence-corrected chi connectivity index (χ2v) is 3.73. The second-order valence-electron chi connectivity index (χ2n) is 3.73. The molecular formula is C14H14N2O. The highest BCUT2D eigenvalue weighted by atomic mass is 16.3. The number of allylic oxidation sites excluding steroid dienone is 2. The third-order valence-corrected chi connectivity index (χ3v) is 2.64. The molecule has 0 saturated heterocycles. The van der Waals surface area contributed by atoms with Crippen molar-refractivity contribution in [3.63, 3.8) is 0 Å². The molecule has 0 aliphatic carbocycles. The monoisotopic (exact) mass is 226 g/mol. The summed E-state index contributed by atoms with van der Waals surface area (Å²) in [5.41, 5.74) is 2.49. The van der Waals surface area contributed by atoms with Crippen molar-refractivity contribution in [2.45, 2.75) is 6.10 Å². The Hall–Kier alpha value is -2.13. The van der Waals surface area contributed by atoms with E-state index in [9.17, 15) is 5.11 Å². The number of aliphatic hydroxyl groups is 1. The van der Waals surface area contributed by atoms with Crippen LogP contribution < -0.4 is 0 Å². The predicted octanol–water partition coefficient (Wildman–Crippen LogP) is 2.89. The quantitative estimate of drug-likeness (QED) is 0.787. The number of hydrogen-bond donors (Lipinski definition) is 2. The number of nitrogens with one attached hydrogen (secondary N) is 1. The summed E-state index contributed by atoms with van der Waals surface area (Å²) in [6.07, 6.45) is 6.06. The molecule has 0 radical (unpaired) electrons. The standard InChI is InChI=1S/C14H14N2O/c1-3-5-10(4-2)14(17)11-6-7-13-12(8-11)9-15-16-13/h3-9,14,17H,1-2H2,(H,15,16)/b10-5+. The van der Waals surface area contributed by atoms with E-state index < -0.39 is 6.10 Å². The zero-order valence-electron chi connectivity index (χ0n) is 9.43. The van der Waals surface area contributed by atoms with Gasteiger partial charge in [0.15, 0.2) is 0 Å². The fourth-order valence-corrected chi connectivity index (χ4v) is 1.73. The molecule has 0 bridgehead atoms. The van der Waals surface area contributed by atoms with Crippen LogP contribution in [0.3, 0.4) is 0 Å². The van der Waals surface area contributed by atoms with Gasteiger partial charge in [-0.15, -0.1) is 0 Å². The Morgan fingerprint density at radius 2 is 2.24 bits per heavy atom. The van der Waals surface area contributed by atoms with Gasteiger partial charge in [0, 0.05) is 5.39 Å². The average molecular weight is 226 g/mol. The van der Waals surface area contributed by atoms with E-state index >= 15 is 0 Å². The maximum absolute atomic E-state index is 10.2. The molecule has 2 aromatic rings. The van der Waals surface area contributed by atoms with Crippen molar-refractivity contribution >= 4 is 10.9 Å². The molecule has 3 nitrogen and oxygen atoms in total. The summed E-state index contributed by atoms with van der Waals surface area (Å²) in [4.78, 5) is 0. The number of fused-ring (bicyclic) bond motifs is 1. The first-order chi connectivity index (χ1) is 8.26. The largest absolute Gasteiger partial charge is 0.384 e. The molecule has 0 fully saturated rings. The number of benzene rings is 1. The molecule has 17 heavy (non-hydrogen) atoms. The highest BCUT2D eigenvalue weighted by Crippen LogP contribution is 2.25. The van der Waals surface area contributed by atoms with Gasteiger partial charge in [-0.1, -0.05) is 37.5 Å². The highest BCUT2D eigenvalue weighted by molar-refractivity contribution is 5.78. The van der Waals surface area contributed by atoms with Gasteiger partial charge in [0.1, 0.15) is 6.10 Å². The van der Waals surface area contributed by atoms with Gasteiger partial charge in [-0.05, 0) is 23.3 Å². The summed E-state index contributed by atoms with van der Waals surface area (Å²) in [6, 6.07) is 5.67. The Bertz CT molecular complexity index is 581. The molecular weight excluding hydrogens is 212 g/mol. The van der Waals surface area contributed by atoms with E-state index in [-0.39, 0.29) is 0 Å². The molecule has 1 heterocycles. The van der Waals surface area contributed by atoms with E-state index in [0.717, 1.165) is 22.0 Å². The zero-order valence-corrected chi connectivity index (χ0v) is 9.43. The first-order valence-corrected chi connectivity index (χ1v) is 5.32. The summed E-state index contributed by atoms with van der Waals surface area (Å²) in [5, 5.41) is 18.0. The number of H-pyrrole nitrogens is 1. The minimum atomic E-state index is -0.690. The van der Waals surface area contributed by atoms with Crippen LogP contribution >= 0.6 is 0 Å². The summed E-state index contributed by atoms with van der Waals surface area (Å²) < 4.78 is 0. The van der Waals surface area contributed by atoms with Gasteiger partial charge in [-0.2, -0.15) is 5.10 Å². The van der Waals surface area contributed by atoms with Gasteiger partial charge in [0.2, 0.25) is 0 Å². The van der Waals surface area contributed by atoms with Crippen LogP contribution in [0.25, 0.3) is 10.9 Å². The van der Waals surface area contributed by atoms with E-state index in [1.54, 1.807) is 24.4 Å². The van der Waals surface area contributed by atoms with Crippen LogP contribution in [0.4, 0.5) is 0 Å². The van der Waals surface area contributed by atoms with Gasteiger partial charge < -0.3 is 5.11 Å². The number of aliphatic hydroxyl groups excluding tert-OH is 1. The molecule has 2 N–H and O–H groups in total. The lowest BCUT2D eigenvalue weighted by Gasteiger charge is -2.11. The summed E-state index contributed by atoms with van der Waals surface area (Å²) >= 11 is 0. The van der Waals surface area contributed by atoms with Crippen molar-refractivity contribution in [3.8, 4) is 0 Å². The minimum Gasteiger partial charge on any atom is -0.384 e. The maximum Gasteiger partial charge on any atom is 0.104 e. The fraction of sp³-hybridized carbons (Fsp3) is 0.0714. The van der Waals surface area contributed by atoms with E-state index in [1.807, 2.05) is 18.2 Å².